The maximum absolute atomic E-state index is 12.8. The first kappa shape index (κ1) is 19.5. The molecule has 27 heavy (non-hydrogen) atoms. The summed E-state index contributed by atoms with van der Waals surface area (Å²) in [4.78, 5) is 37.9. The van der Waals surface area contributed by atoms with E-state index in [9.17, 15) is 14.4 Å². The summed E-state index contributed by atoms with van der Waals surface area (Å²) in [6, 6.07) is 5.16. The molecule has 1 aromatic carbocycles. The van der Waals surface area contributed by atoms with Gasteiger partial charge in [0.1, 0.15) is 6.04 Å². The van der Waals surface area contributed by atoms with Crippen LogP contribution in [0.3, 0.4) is 0 Å². The number of amides is 3. The molecule has 0 bridgehead atoms. The number of fused-ring (bicyclic) bond motifs is 1. The van der Waals surface area contributed by atoms with E-state index in [1.165, 1.54) is 0 Å². The fourth-order valence-electron chi connectivity index (χ4n) is 3.82. The summed E-state index contributed by atoms with van der Waals surface area (Å²) in [5, 5.41) is 5.79. The number of rotatable bonds is 8. The number of imide groups is 1. The predicted octanol–water partition coefficient (Wildman–Crippen LogP) is 0.912. The Labute approximate surface area is 159 Å². The molecule has 0 spiro atoms. The van der Waals surface area contributed by atoms with Crippen LogP contribution in [0.4, 0.5) is 0 Å². The highest BCUT2D eigenvalue weighted by molar-refractivity contribution is 6.05. The number of carbonyl (C=O) groups excluding carboxylic acids is 3. The van der Waals surface area contributed by atoms with Gasteiger partial charge in [0.15, 0.2) is 0 Å². The maximum Gasteiger partial charge on any atom is 0.255 e. The fraction of sp³-hybridized carbons (Fsp3) is 0.550. The van der Waals surface area contributed by atoms with Crippen molar-refractivity contribution in [2.24, 2.45) is 11.7 Å². The van der Waals surface area contributed by atoms with Gasteiger partial charge in [0.25, 0.3) is 5.91 Å². The molecule has 1 unspecified atom stereocenters. The van der Waals surface area contributed by atoms with Crippen molar-refractivity contribution >= 4 is 17.7 Å². The molecule has 1 aromatic rings. The van der Waals surface area contributed by atoms with Crippen molar-refractivity contribution in [3.8, 4) is 0 Å². The summed E-state index contributed by atoms with van der Waals surface area (Å²) >= 11 is 0. The second-order valence-electron chi connectivity index (χ2n) is 7.49. The Morgan fingerprint density at radius 1 is 1.30 bits per heavy atom. The highest BCUT2D eigenvalue weighted by Gasteiger charge is 2.39. The summed E-state index contributed by atoms with van der Waals surface area (Å²) in [5.41, 5.74) is 8.32. The van der Waals surface area contributed by atoms with Crippen molar-refractivity contribution in [2.75, 3.05) is 13.1 Å². The van der Waals surface area contributed by atoms with E-state index in [-0.39, 0.29) is 24.1 Å². The third kappa shape index (κ3) is 4.36. The Balaban J connectivity index is 1.63. The van der Waals surface area contributed by atoms with Gasteiger partial charge in [0, 0.05) is 25.1 Å². The van der Waals surface area contributed by atoms with E-state index in [1.807, 2.05) is 18.2 Å². The van der Waals surface area contributed by atoms with Crippen LogP contribution in [0.15, 0.2) is 18.2 Å². The normalized spacial score (nSPS) is 20.6. The zero-order chi connectivity index (χ0) is 19.4. The first-order valence-electron chi connectivity index (χ1n) is 9.67. The molecule has 146 valence electrons. The zero-order valence-corrected chi connectivity index (χ0v) is 15.8. The summed E-state index contributed by atoms with van der Waals surface area (Å²) in [6.07, 6.45) is 2.74. The van der Waals surface area contributed by atoms with Crippen LogP contribution in [0.5, 0.6) is 0 Å². The minimum Gasteiger partial charge on any atom is -0.330 e. The van der Waals surface area contributed by atoms with Gasteiger partial charge in [-0.15, -0.1) is 0 Å². The van der Waals surface area contributed by atoms with Gasteiger partial charge in [-0.3, -0.25) is 19.7 Å². The van der Waals surface area contributed by atoms with Crippen LogP contribution in [-0.4, -0.2) is 41.8 Å². The Kier molecular flexibility index (Phi) is 6.23. The average Bonchev–Trinajstić information content (AvgIpc) is 2.97. The Bertz CT molecular complexity index is 734. The van der Waals surface area contributed by atoms with E-state index in [4.69, 9.17) is 5.73 Å². The highest BCUT2D eigenvalue weighted by Crippen LogP contribution is 2.29. The minimum atomic E-state index is -0.569. The molecule has 1 fully saturated rings. The first-order chi connectivity index (χ1) is 13.0. The quantitative estimate of drug-likeness (QED) is 0.465. The van der Waals surface area contributed by atoms with E-state index >= 15 is 0 Å². The maximum atomic E-state index is 12.8. The lowest BCUT2D eigenvalue weighted by Gasteiger charge is -2.29. The number of nitrogens with one attached hydrogen (secondary N) is 2. The van der Waals surface area contributed by atoms with E-state index in [1.54, 1.807) is 4.90 Å². The topological polar surface area (TPSA) is 105 Å². The van der Waals surface area contributed by atoms with Crippen LogP contribution in [0.2, 0.25) is 0 Å². The zero-order valence-electron chi connectivity index (χ0n) is 15.8. The smallest absolute Gasteiger partial charge is 0.255 e. The monoisotopic (exact) mass is 372 g/mol. The first-order valence-corrected chi connectivity index (χ1v) is 9.67. The average molecular weight is 372 g/mol. The molecule has 7 nitrogen and oxygen atoms in total. The Hall–Kier alpha value is -2.25. The van der Waals surface area contributed by atoms with E-state index in [0.29, 0.717) is 37.5 Å². The third-order valence-corrected chi connectivity index (χ3v) is 5.47. The predicted molar refractivity (Wildman–Crippen MR) is 102 cm³/mol. The molecular weight excluding hydrogens is 344 g/mol. The lowest BCUT2D eigenvalue weighted by atomic mass is 10.0. The van der Waals surface area contributed by atoms with Gasteiger partial charge in [0.05, 0.1) is 0 Å². The van der Waals surface area contributed by atoms with Gasteiger partial charge in [-0.1, -0.05) is 19.1 Å². The van der Waals surface area contributed by atoms with Crippen molar-refractivity contribution < 1.29 is 14.4 Å². The van der Waals surface area contributed by atoms with Crippen LogP contribution in [0.25, 0.3) is 0 Å². The van der Waals surface area contributed by atoms with Crippen molar-refractivity contribution in [1.82, 2.24) is 15.5 Å². The molecule has 2 atom stereocenters. The highest BCUT2D eigenvalue weighted by atomic mass is 16.2. The van der Waals surface area contributed by atoms with Gasteiger partial charge in [-0.05, 0) is 55.5 Å². The molecular formula is C20H28N4O3. The van der Waals surface area contributed by atoms with Crippen LogP contribution in [-0.2, 0) is 22.7 Å². The van der Waals surface area contributed by atoms with Crippen LogP contribution >= 0.6 is 0 Å². The van der Waals surface area contributed by atoms with Crippen LogP contribution < -0.4 is 16.4 Å². The molecule has 3 rings (SSSR count). The lowest BCUT2D eigenvalue weighted by Crippen LogP contribution is -2.52. The molecule has 4 N–H and O–H groups in total. The molecule has 7 heteroatoms. The molecule has 0 aromatic heterocycles. The van der Waals surface area contributed by atoms with Gasteiger partial charge < -0.3 is 16.0 Å². The number of carbonyl (C=O) groups is 3. The van der Waals surface area contributed by atoms with E-state index in [2.05, 4.69) is 17.6 Å². The number of benzene rings is 1. The third-order valence-electron chi connectivity index (χ3n) is 5.47. The van der Waals surface area contributed by atoms with Crippen molar-refractivity contribution in [3.05, 3.63) is 34.9 Å². The van der Waals surface area contributed by atoms with Crippen molar-refractivity contribution in [3.63, 3.8) is 0 Å². The summed E-state index contributed by atoms with van der Waals surface area (Å²) in [5.74, 6) is -0.179. The van der Waals surface area contributed by atoms with Crippen LogP contribution in [0, 0.1) is 5.92 Å². The molecule has 1 saturated heterocycles. The Morgan fingerprint density at radius 2 is 2.11 bits per heavy atom. The number of nitrogens with two attached hydrogens (primary N) is 1. The number of hydrogen-bond donors (Lipinski definition) is 3. The summed E-state index contributed by atoms with van der Waals surface area (Å²) < 4.78 is 0. The minimum absolute atomic E-state index is 0.127. The lowest BCUT2D eigenvalue weighted by molar-refractivity contribution is -0.136. The SMILES string of the molecule is C[C@@H](CCN)CCNCc1cccc2c1CN(C1CCC(=O)NC1=O)C2=O. The molecule has 2 aliphatic heterocycles. The largest absolute Gasteiger partial charge is 0.330 e. The fourth-order valence-corrected chi connectivity index (χ4v) is 3.82. The Morgan fingerprint density at radius 3 is 2.85 bits per heavy atom. The molecule has 2 heterocycles. The van der Waals surface area contributed by atoms with Gasteiger partial charge >= 0.3 is 0 Å². The number of piperidine rings is 1. The number of nitrogens with zero attached hydrogens (tertiary/aromatic N) is 1. The molecule has 0 saturated carbocycles. The van der Waals surface area contributed by atoms with Gasteiger partial charge in [-0.2, -0.15) is 0 Å². The second-order valence-corrected chi connectivity index (χ2v) is 7.49. The standard InChI is InChI=1S/C20H28N4O3/c1-13(7-9-21)8-10-22-11-14-3-2-4-15-16(14)12-24(20(15)27)17-5-6-18(25)23-19(17)26/h2-4,13,17,22H,5-12,21H2,1H3,(H,23,25,26)/t13-,17?/m0/s1. The van der Waals surface area contributed by atoms with Crippen molar-refractivity contribution in [2.45, 2.75) is 51.7 Å². The second kappa shape index (κ2) is 8.63. The van der Waals surface area contributed by atoms with Gasteiger partial charge in [-0.25, -0.2) is 0 Å². The molecule has 0 radical (unpaired) electrons. The van der Waals surface area contributed by atoms with Gasteiger partial charge in [0.2, 0.25) is 11.8 Å². The molecule has 0 aliphatic carbocycles. The van der Waals surface area contributed by atoms with Crippen molar-refractivity contribution in [1.29, 1.82) is 0 Å². The summed E-state index contributed by atoms with van der Waals surface area (Å²) in [6.45, 7) is 4.92. The summed E-state index contributed by atoms with van der Waals surface area (Å²) in [7, 11) is 0. The number of hydrogen-bond acceptors (Lipinski definition) is 5. The van der Waals surface area contributed by atoms with E-state index < -0.39 is 6.04 Å². The molecule has 3 amide bonds. The van der Waals surface area contributed by atoms with Crippen LogP contribution in [0.1, 0.15) is 54.1 Å². The molecule has 2 aliphatic rings. The van der Waals surface area contributed by atoms with E-state index in [0.717, 1.165) is 30.5 Å².